The van der Waals surface area contributed by atoms with Crippen LogP contribution in [0.15, 0.2) is 0 Å². The number of halogens is 1. The number of hydrogen-bond donors (Lipinski definition) is 1. The van der Waals surface area contributed by atoms with Gasteiger partial charge in [-0.1, -0.05) is 32.6 Å². The van der Waals surface area contributed by atoms with E-state index >= 15 is 0 Å². The predicted octanol–water partition coefficient (Wildman–Crippen LogP) is 3.32. The molecule has 1 fully saturated rings. The second-order valence-electron chi connectivity index (χ2n) is 4.13. The van der Waals surface area contributed by atoms with Crippen molar-refractivity contribution in [2.45, 2.75) is 63.3 Å². The maximum absolute atomic E-state index is 5.89. The molecule has 0 amide bonds. The molecule has 1 aliphatic rings. The van der Waals surface area contributed by atoms with Gasteiger partial charge in [-0.2, -0.15) is 0 Å². The van der Waals surface area contributed by atoms with Crippen LogP contribution in [-0.2, 0) is 0 Å². The van der Waals surface area contributed by atoms with E-state index < -0.39 is 0 Å². The molecule has 1 N–H and O–H groups in total. The number of hydrogen-bond acceptors (Lipinski definition) is 1. The Morgan fingerprint density at radius 2 is 1.85 bits per heavy atom. The third kappa shape index (κ3) is 4.87. The fourth-order valence-corrected chi connectivity index (χ4v) is 2.18. The highest BCUT2D eigenvalue weighted by molar-refractivity contribution is 6.21. The first-order valence-corrected chi connectivity index (χ1v) is 6.14. The summed E-state index contributed by atoms with van der Waals surface area (Å²) in [7, 11) is 0. The van der Waals surface area contributed by atoms with E-state index in [1.54, 1.807) is 0 Å². The molecule has 0 spiro atoms. The smallest absolute Gasteiger partial charge is 0.0365 e. The Balaban J connectivity index is 1.74. The maximum atomic E-state index is 5.89. The summed E-state index contributed by atoms with van der Waals surface area (Å²) in [6.45, 7) is 3.45. The molecule has 0 heterocycles. The van der Waals surface area contributed by atoms with Crippen molar-refractivity contribution in [3.8, 4) is 0 Å². The molecule has 1 aliphatic carbocycles. The molecule has 0 unspecified atom stereocenters. The molecule has 0 bridgehead atoms. The third-order valence-electron chi connectivity index (χ3n) is 2.79. The Morgan fingerprint density at radius 1 is 1.15 bits per heavy atom. The van der Waals surface area contributed by atoms with Gasteiger partial charge in [0.1, 0.15) is 0 Å². The van der Waals surface area contributed by atoms with E-state index in [0.717, 1.165) is 6.04 Å². The van der Waals surface area contributed by atoms with E-state index in [1.165, 1.54) is 51.5 Å². The highest BCUT2D eigenvalue weighted by atomic mass is 35.5. The van der Waals surface area contributed by atoms with Gasteiger partial charge in [0.15, 0.2) is 0 Å². The van der Waals surface area contributed by atoms with Crippen LogP contribution in [0.25, 0.3) is 0 Å². The van der Waals surface area contributed by atoms with Gasteiger partial charge in [0.25, 0.3) is 0 Å². The summed E-state index contributed by atoms with van der Waals surface area (Å²) in [5.74, 6) is 0. The lowest BCUT2D eigenvalue weighted by Crippen LogP contribution is -2.42. The van der Waals surface area contributed by atoms with E-state index in [0.29, 0.717) is 5.38 Å². The summed E-state index contributed by atoms with van der Waals surface area (Å²) < 4.78 is 0. The first-order chi connectivity index (χ1) is 6.33. The summed E-state index contributed by atoms with van der Waals surface area (Å²) in [5.41, 5.74) is 0. The Morgan fingerprint density at radius 3 is 2.46 bits per heavy atom. The van der Waals surface area contributed by atoms with E-state index in [9.17, 15) is 0 Å². The van der Waals surface area contributed by atoms with Gasteiger partial charge in [0, 0.05) is 11.4 Å². The molecule has 1 rings (SSSR count). The molecule has 78 valence electrons. The molecular weight excluding hydrogens is 182 g/mol. The zero-order valence-corrected chi connectivity index (χ0v) is 9.45. The average molecular weight is 204 g/mol. The molecule has 0 aromatic rings. The molecule has 0 aliphatic heterocycles. The third-order valence-corrected chi connectivity index (χ3v) is 3.15. The fourth-order valence-electron chi connectivity index (χ4n) is 1.75. The molecular formula is C11H22ClN. The van der Waals surface area contributed by atoms with Crippen LogP contribution >= 0.6 is 11.6 Å². The maximum Gasteiger partial charge on any atom is 0.0365 e. The van der Waals surface area contributed by atoms with Crippen LogP contribution in [-0.4, -0.2) is 18.0 Å². The minimum absolute atomic E-state index is 0.456. The van der Waals surface area contributed by atoms with Crippen molar-refractivity contribution >= 4 is 11.6 Å². The standard InChI is InChI=1S/C11H22ClN/c1-2-3-4-5-6-7-13-11-8-10(12)9-11/h10-11,13H,2-9H2,1H3. The number of unbranched alkanes of at least 4 members (excludes halogenated alkanes) is 4. The number of alkyl halides is 1. The first kappa shape index (κ1) is 11.3. The minimum Gasteiger partial charge on any atom is -0.314 e. The lowest BCUT2D eigenvalue weighted by Gasteiger charge is -2.31. The number of nitrogens with one attached hydrogen (secondary N) is 1. The predicted molar refractivity (Wildman–Crippen MR) is 59.4 cm³/mol. The summed E-state index contributed by atoms with van der Waals surface area (Å²) in [6.07, 6.45) is 9.21. The van der Waals surface area contributed by atoms with Crippen molar-refractivity contribution in [1.82, 2.24) is 5.32 Å². The summed E-state index contributed by atoms with van der Waals surface area (Å²) in [6, 6.07) is 0.730. The monoisotopic (exact) mass is 203 g/mol. The molecule has 0 aromatic heterocycles. The van der Waals surface area contributed by atoms with Crippen LogP contribution in [0.2, 0.25) is 0 Å². The topological polar surface area (TPSA) is 12.0 Å². The fraction of sp³-hybridized carbons (Fsp3) is 1.00. The second kappa shape index (κ2) is 6.67. The van der Waals surface area contributed by atoms with Gasteiger partial charge in [-0.05, 0) is 25.8 Å². The molecule has 2 heteroatoms. The van der Waals surface area contributed by atoms with Crippen molar-refractivity contribution in [3.05, 3.63) is 0 Å². The zero-order valence-electron chi connectivity index (χ0n) is 8.69. The SMILES string of the molecule is CCCCCCCNC1CC(Cl)C1. The summed E-state index contributed by atoms with van der Waals surface area (Å²) in [4.78, 5) is 0. The van der Waals surface area contributed by atoms with Crippen LogP contribution in [0, 0.1) is 0 Å². The quantitative estimate of drug-likeness (QED) is 0.495. The summed E-state index contributed by atoms with van der Waals surface area (Å²) >= 11 is 5.89. The van der Waals surface area contributed by atoms with E-state index in [4.69, 9.17) is 11.6 Å². The lowest BCUT2D eigenvalue weighted by molar-refractivity contribution is 0.343. The average Bonchev–Trinajstić information content (AvgIpc) is 2.07. The van der Waals surface area contributed by atoms with Gasteiger partial charge in [0.05, 0.1) is 0 Å². The molecule has 0 atom stereocenters. The minimum atomic E-state index is 0.456. The molecule has 0 radical (unpaired) electrons. The van der Waals surface area contributed by atoms with E-state index in [1.807, 2.05) is 0 Å². The number of rotatable bonds is 7. The van der Waals surface area contributed by atoms with Crippen molar-refractivity contribution in [3.63, 3.8) is 0 Å². The second-order valence-corrected chi connectivity index (χ2v) is 4.75. The van der Waals surface area contributed by atoms with Crippen LogP contribution in [0.5, 0.6) is 0 Å². The lowest BCUT2D eigenvalue weighted by atomic mass is 9.92. The largest absolute Gasteiger partial charge is 0.314 e. The Hall–Kier alpha value is 0.250. The Kier molecular flexibility index (Phi) is 5.81. The molecule has 1 saturated carbocycles. The van der Waals surface area contributed by atoms with Gasteiger partial charge in [-0.25, -0.2) is 0 Å². The van der Waals surface area contributed by atoms with Crippen molar-refractivity contribution < 1.29 is 0 Å². The normalized spacial score (nSPS) is 27.2. The first-order valence-electron chi connectivity index (χ1n) is 5.70. The molecule has 13 heavy (non-hydrogen) atoms. The highest BCUT2D eigenvalue weighted by Gasteiger charge is 2.25. The van der Waals surface area contributed by atoms with Crippen LogP contribution in [0.1, 0.15) is 51.9 Å². The van der Waals surface area contributed by atoms with E-state index in [-0.39, 0.29) is 0 Å². The molecule has 1 nitrogen and oxygen atoms in total. The van der Waals surface area contributed by atoms with Crippen molar-refractivity contribution in [1.29, 1.82) is 0 Å². The van der Waals surface area contributed by atoms with Crippen molar-refractivity contribution in [2.24, 2.45) is 0 Å². The van der Waals surface area contributed by atoms with Gasteiger partial charge in [-0.15, -0.1) is 11.6 Å². The summed E-state index contributed by atoms with van der Waals surface area (Å²) in [5, 5.41) is 4.00. The van der Waals surface area contributed by atoms with Crippen LogP contribution in [0.4, 0.5) is 0 Å². The van der Waals surface area contributed by atoms with Crippen LogP contribution < -0.4 is 5.32 Å². The van der Waals surface area contributed by atoms with Gasteiger partial charge < -0.3 is 5.32 Å². The zero-order chi connectivity index (χ0) is 9.52. The molecule has 0 saturated heterocycles. The van der Waals surface area contributed by atoms with Gasteiger partial charge in [0.2, 0.25) is 0 Å². The molecule has 0 aromatic carbocycles. The van der Waals surface area contributed by atoms with Crippen LogP contribution in [0.3, 0.4) is 0 Å². The van der Waals surface area contributed by atoms with Crippen molar-refractivity contribution in [2.75, 3.05) is 6.54 Å². The Bertz CT molecular complexity index is 121. The highest BCUT2D eigenvalue weighted by Crippen LogP contribution is 2.25. The van der Waals surface area contributed by atoms with Gasteiger partial charge in [-0.3, -0.25) is 0 Å². The van der Waals surface area contributed by atoms with E-state index in [2.05, 4.69) is 12.2 Å². The van der Waals surface area contributed by atoms with Gasteiger partial charge >= 0.3 is 0 Å². The Labute approximate surface area is 87.2 Å².